The number of para-hydroxylation sites is 1. The van der Waals surface area contributed by atoms with Crippen LogP contribution in [-0.4, -0.2) is 41.6 Å². The molecule has 0 radical (unpaired) electrons. The van der Waals surface area contributed by atoms with Gasteiger partial charge in [0, 0.05) is 34.4 Å². The van der Waals surface area contributed by atoms with Gasteiger partial charge in [0.1, 0.15) is 29.4 Å². The third kappa shape index (κ3) is 5.14. The predicted octanol–water partition coefficient (Wildman–Crippen LogP) is 4.27. The molecule has 5 rings (SSSR count). The summed E-state index contributed by atoms with van der Waals surface area (Å²) in [5.41, 5.74) is 1.92. The number of nitrogens with zero attached hydrogens (tertiary/aromatic N) is 2. The number of hydrogen-bond donors (Lipinski definition) is 2. The van der Waals surface area contributed by atoms with Crippen LogP contribution < -0.4 is 25.0 Å². The van der Waals surface area contributed by atoms with Crippen LogP contribution >= 0.6 is 12.2 Å². The number of benzene rings is 3. The van der Waals surface area contributed by atoms with Gasteiger partial charge >= 0.3 is 0 Å². The van der Waals surface area contributed by atoms with Crippen LogP contribution in [-0.2, 0) is 20.9 Å². The second-order valence-electron chi connectivity index (χ2n) is 8.78. The van der Waals surface area contributed by atoms with Crippen molar-refractivity contribution in [1.82, 2.24) is 9.88 Å². The Morgan fingerprint density at radius 2 is 1.80 bits per heavy atom. The van der Waals surface area contributed by atoms with Crippen molar-refractivity contribution in [3.63, 3.8) is 0 Å². The number of fused-ring (bicyclic) bond motifs is 1. The van der Waals surface area contributed by atoms with Crippen LogP contribution in [0.15, 0.2) is 78.5 Å². The highest BCUT2D eigenvalue weighted by molar-refractivity contribution is 7.80. The van der Waals surface area contributed by atoms with Crippen molar-refractivity contribution in [3.05, 3.63) is 89.9 Å². The van der Waals surface area contributed by atoms with Gasteiger partial charge in [0.25, 0.3) is 11.8 Å². The Kier molecular flexibility index (Phi) is 7.30. The van der Waals surface area contributed by atoms with Gasteiger partial charge in [-0.3, -0.25) is 19.7 Å². The molecular formula is C29H23FN4O5S. The van der Waals surface area contributed by atoms with Crippen LogP contribution in [0.4, 0.5) is 15.8 Å². The summed E-state index contributed by atoms with van der Waals surface area (Å²) in [6.45, 7) is -0.0551. The number of amides is 3. The lowest BCUT2D eigenvalue weighted by atomic mass is 10.1. The zero-order valence-electron chi connectivity index (χ0n) is 21.4. The molecule has 1 aliphatic rings. The molecule has 11 heteroatoms. The highest BCUT2D eigenvalue weighted by Gasteiger charge is 2.36. The van der Waals surface area contributed by atoms with Crippen molar-refractivity contribution in [2.75, 3.05) is 24.4 Å². The minimum absolute atomic E-state index is 0.0551. The molecule has 0 saturated carbocycles. The molecule has 2 N–H and O–H groups in total. The second kappa shape index (κ2) is 11.0. The highest BCUT2D eigenvalue weighted by Crippen LogP contribution is 2.35. The van der Waals surface area contributed by atoms with Gasteiger partial charge in [-0.2, -0.15) is 0 Å². The Morgan fingerprint density at radius 3 is 2.52 bits per heavy atom. The van der Waals surface area contributed by atoms with Crippen molar-refractivity contribution in [2.45, 2.75) is 6.54 Å². The Bertz CT molecular complexity index is 1700. The van der Waals surface area contributed by atoms with E-state index < -0.39 is 17.6 Å². The molecule has 1 saturated heterocycles. The van der Waals surface area contributed by atoms with E-state index >= 15 is 0 Å². The molecule has 0 aliphatic carbocycles. The first kappa shape index (κ1) is 26.6. The molecule has 0 atom stereocenters. The molecule has 4 aromatic rings. The standard InChI is InChI=1S/C29H23FN4O5S/c1-38-20-11-12-24(25(14-20)39-2)34-28(37)22(27(36)32-29(34)40)13-17-15-33(23-6-4-3-5-21(17)23)16-26(35)31-19-9-7-18(30)8-10-19/h3-15H,16H2,1-2H3,(H,31,35)(H,32,36,40)/b22-13+. The van der Waals surface area contributed by atoms with E-state index in [1.54, 1.807) is 29.0 Å². The third-order valence-electron chi connectivity index (χ3n) is 6.29. The molecule has 0 unspecified atom stereocenters. The maximum absolute atomic E-state index is 13.6. The van der Waals surface area contributed by atoms with E-state index in [4.69, 9.17) is 21.7 Å². The van der Waals surface area contributed by atoms with Crippen molar-refractivity contribution < 1.29 is 28.2 Å². The lowest BCUT2D eigenvalue weighted by Gasteiger charge is -2.30. The lowest BCUT2D eigenvalue weighted by molar-refractivity contribution is -0.122. The Morgan fingerprint density at radius 1 is 1.05 bits per heavy atom. The summed E-state index contributed by atoms with van der Waals surface area (Å²) < 4.78 is 25.6. The quantitative estimate of drug-likeness (QED) is 0.200. The Balaban J connectivity index is 1.49. The van der Waals surface area contributed by atoms with Crippen LogP contribution in [0.2, 0.25) is 0 Å². The van der Waals surface area contributed by atoms with E-state index in [0.29, 0.717) is 28.4 Å². The number of carbonyl (C=O) groups is 3. The number of methoxy groups -OCH3 is 2. The first-order valence-electron chi connectivity index (χ1n) is 12.1. The molecule has 2 heterocycles. The highest BCUT2D eigenvalue weighted by atomic mass is 32.1. The maximum Gasteiger partial charge on any atom is 0.270 e. The number of ether oxygens (including phenoxy) is 2. The summed E-state index contributed by atoms with van der Waals surface area (Å²) >= 11 is 5.33. The number of hydrogen-bond acceptors (Lipinski definition) is 6. The van der Waals surface area contributed by atoms with Crippen LogP contribution in [0.5, 0.6) is 11.5 Å². The number of halogens is 1. The average molecular weight is 559 g/mol. The molecule has 0 bridgehead atoms. The first-order valence-corrected chi connectivity index (χ1v) is 12.5. The number of carbonyl (C=O) groups excluding carboxylic acids is 3. The monoisotopic (exact) mass is 558 g/mol. The largest absolute Gasteiger partial charge is 0.497 e. The first-order chi connectivity index (χ1) is 19.3. The number of rotatable bonds is 7. The van der Waals surface area contributed by atoms with Crippen LogP contribution in [0, 0.1) is 5.82 Å². The molecule has 0 spiro atoms. The molecule has 1 aromatic heterocycles. The van der Waals surface area contributed by atoms with Gasteiger partial charge in [0.2, 0.25) is 5.91 Å². The molecule has 1 aliphatic heterocycles. The summed E-state index contributed by atoms with van der Waals surface area (Å²) in [6, 6.07) is 17.6. The SMILES string of the molecule is COc1ccc(N2C(=O)/C(=C/c3cn(CC(=O)Nc4ccc(F)cc4)c4ccccc34)C(=O)NC2=S)c(OC)c1. The van der Waals surface area contributed by atoms with Crippen molar-refractivity contribution in [2.24, 2.45) is 0 Å². The summed E-state index contributed by atoms with van der Waals surface area (Å²) in [7, 11) is 2.96. The topological polar surface area (TPSA) is 102 Å². The predicted molar refractivity (Wildman–Crippen MR) is 153 cm³/mol. The van der Waals surface area contributed by atoms with Gasteiger partial charge in [-0.15, -0.1) is 0 Å². The van der Waals surface area contributed by atoms with E-state index in [9.17, 15) is 18.8 Å². The molecule has 1 fully saturated rings. The summed E-state index contributed by atoms with van der Waals surface area (Å²) in [4.78, 5) is 40.5. The van der Waals surface area contributed by atoms with Crippen molar-refractivity contribution >= 4 is 63.4 Å². The molecule has 3 aromatic carbocycles. The molecule has 9 nitrogen and oxygen atoms in total. The summed E-state index contributed by atoms with van der Waals surface area (Å²) in [5, 5.41) is 5.95. The number of nitrogens with one attached hydrogen (secondary N) is 2. The average Bonchev–Trinajstić information content (AvgIpc) is 3.29. The van der Waals surface area contributed by atoms with Gasteiger partial charge in [-0.25, -0.2) is 9.29 Å². The number of aromatic nitrogens is 1. The summed E-state index contributed by atoms with van der Waals surface area (Å²) in [6.07, 6.45) is 3.16. The molecule has 40 heavy (non-hydrogen) atoms. The fourth-order valence-corrected chi connectivity index (χ4v) is 4.68. The van der Waals surface area contributed by atoms with E-state index in [1.165, 1.54) is 49.5 Å². The van der Waals surface area contributed by atoms with Gasteiger partial charge in [-0.1, -0.05) is 18.2 Å². The van der Waals surface area contributed by atoms with Gasteiger partial charge < -0.3 is 19.4 Å². The summed E-state index contributed by atoms with van der Waals surface area (Å²) in [5.74, 6) is -1.17. The molecule has 3 amide bonds. The smallest absolute Gasteiger partial charge is 0.270 e. The van der Waals surface area contributed by atoms with E-state index in [1.807, 2.05) is 24.3 Å². The Hall–Kier alpha value is -5.03. The lowest BCUT2D eigenvalue weighted by Crippen LogP contribution is -2.54. The van der Waals surface area contributed by atoms with Gasteiger partial charge in [0.05, 0.1) is 19.9 Å². The molecular weight excluding hydrogens is 535 g/mol. The minimum Gasteiger partial charge on any atom is -0.497 e. The number of thiocarbonyl (C=S) groups is 1. The van der Waals surface area contributed by atoms with E-state index in [2.05, 4.69) is 10.6 Å². The fraction of sp³-hybridized carbons (Fsp3) is 0.103. The van der Waals surface area contributed by atoms with Crippen LogP contribution in [0.3, 0.4) is 0 Å². The molecule has 202 valence electrons. The van der Waals surface area contributed by atoms with Crippen LogP contribution in [0.1, 0.15) is 5.56 Å². The number of anilines is 2. The zero-order chi connectivity index (χ0) is 28.4. The van der Waals surface area contributed by atoms with Crippen molar-refractivity contribution in [3.8, 4) is 11.5 Å². The van der Waals surface area contributed by atoms with E-state index in [-0.39, 0.29) is 23.1 Å². The maximum atomic E-state index is 13.6. The second-order valence-corrected chi connectivity index (χ2v) is 9.17. The van der Waals surface area contributed by atoms with Crippen molar-refractivity contribution in [1.29, 1.82) is 0 Å². The van der Waals surface area contributed by atoms with Crippen LogP contribution in [0.25, 0.3) is 17.0 Å². The Labute approximate surface area is 233 Å². The third-order valence-corrected chi connectivity index (χ3v) is 6.58. The van der Waals surface area contributed by atoms with E-state index in [0.717, 1.165) is 10.9 Å². The zero-order valence-corrected chi connectivity index (χ0v) is 22.3. The fourth-order valence-electron chi connectivity index (χ4n) is 4.41. The minimum atomic E-state index is -0.649. The normalized spacial score (nSPS) is 14.4. The van der Waals surface area contributed by atoms with Gasteiger partial charge in [-0.05, 0) is 60.8 Å². The van der Waals surface area contributed by atoms with Gasteiger partial charge in [0.15, 0.2) is 5.11 Å².